The van der Waals surface area contributed by atoms with Crippen LogP contribution >= 0.6 is 0 Å². The van der Waals surface area contributed by atoms with Gasteiger partial charge in [-0.25, -0.2) is 0 Å². The average molecular weight is 327 g/mol. The van der Waals surface area contributed by atoms with Crippen molar-refractivity contribution < 1.29 is 23.1 Å². The molecule has 3 N–H and O–H groups in total. The molecule has 2 atom stereocenters. The second kappa shape index (κ2) is 6.82. The Morgan fingerprint density at radius 2 is 1.96 bits per heavy atom. The third kappa shape index (κ3) is 4.10. The molecule has 5 nitrogen and oxygen atoms in total. The van der Waals surface area contributed by atoms with Crippen molar-refractivity contribution in [3.05, 3.63) is 53.3 Å². The van der Waals surface area contributed by atoms with Crippen LogP contribution in [0.3, 0.4) is 0 Å². The van der Waals surface area contributed by atoms with Crippen LogP contribution in [0.2, 0.25) is 0 Å². The summed E-state index contributed by atoms with van der Waals surface area (Å²) < 4.78 is 37.6. The van der Waals surface area contributed by atoms with Gasteiger partial charge in [0.1, 0.15) is 5.69 Å². The molecular weight excluding hydrogens is 311 g/mol. The Labute approximate surface area is 130 Å². The van der Waals surface area contributed by atoms with Gasteiger partial charge >= 0.3 is 6.18 Å². The molecule has 2 rings (SSSR count). The van der Waals surface area contributed by atoms with Crippen molar-refractivity contribution in [2.45, 2.75) is 31.7 Å². The van der Waals surface area contributed by atoms with Crippen molar-refractivity contribution >= 4 is 5.91 Å². The van der Waals surface area contributed by atoms with Crippen LogP contribution in [0.25, 0.3) is 0 Å². The Morgan fingerprint density at radius 1 is 1.30 bits per heavy atom. The van der Waals surface area contributed by atoms with Crippen LogP contribution in [0.15, 0.2) is 36.5 Å². The summed E-state index contributed by atoms with van der Waals surface area (Å²) in [7, 11) is 0. The van der Waals surface area contributed by atoms with E-state index in [0.29, 0.717) is 12.0 Å². The van der Waals surface area contributed by atoms with Crippen molar-refractivity contribution in [1.82, 2.24) is 15.5 Å². The van der Waals surface area contributed by atoms with Gasteiger partial charge in [-0.3, -0.25) is 9.89 Å². The van der Waals surface area contributed by atoms with Crippen LogP contribution < -0.4 is 5.32 Å². The molecule has 1 aromatic carbocycles. The molecule has 0 bridgehead atoms. The molecule has 0 spiro atoms. The standard InChI is InChI=1S/C15H16F3N3O2/c1-2-11(20-14(23)12-7-8-19-21-12)13(22)9-3-5-10(6-4-9)15(16,17)18/h3-8,11,13,22H,2H2,1H3,(H,19,21)(H,20,23)/t11-,13-/m0/s1. The number of hydrogen-bond acceptors (Lipinski definition) is 3. The normalized spacial score (nSPS) is 14.3. The number of carbonyl (C=O) groups is 1. The largest absolute Gasteiger partial charge is 0.416 e. The third-order valence-electron chi connectivity index (χ3n) is 3.46. The minimum atomic E-state index is -4.43. The molecule has 0 saturated carbocycles. The van der Waals surface area contributed by atoms with Crippen LogP contribution in [-0.2, 0) is 6.18 Å². The number of nitrogens with zero attached hydrogens (tertiary/aromatic N) is 1. The molecule has 1 aromatic heterocycles. The number of aromatic nitrogens is 2. The third-order valence-corrected chi connectivity index (χ3v) is 3.46. The van der Waals surface area contributed by atoms with Crippen molar-refractivity contribution in [2.75, 3.05) is 0 Å². The van der Waals surface area contributed by atoms with E-state index in [0.717, 1.165) is 12.1 Å². The van der Waals surface area contributed by atoms with Gasteiger partial charge in [0.05, 0.1) is 17.7 Å². The molecule has 0 fully saturated rings. The van der Waals surface area contributed by atoms with Crippen LogP contribution in [0, 0.1) is 0 Å². The Balaban J connectivity index is 2.10. The summed E-state index contributed by atoms with van der Waals surface area (Å²) in [4.78, 5) is 12.0. The Bertz CT molecular complexity index is 639. The lowest BCUT2D eigenvalue weighted by molar-refractivity contribution is -0.137. The molecular formula is C15H16F3N3O2. The predicted molar refractivity (Wildman–Crippen MR) is 76.5 cm³/mol. The molecule has 0 aliphatic rings. The van der Waals surface area contributed by atoms with Gasteiger partial charge in [0.25, 0.3) is 5.91 Å². The second-order valence-electron chi connectivity index (χ2n) is 5.02. The van der Waals surface area contributed by atoms with Crippen LogP contribution in [0.5, 0.6) is 0 Å². The summed E-state index contributed by atoms with van der Waals surface area (Å²) in [6.45, 7) is 1.76. The van der Waals surface area contributed by atoms with Gasteiger partial charge in [-0.2, -0.15) is 18.3 Å². The number of alkyl halides is 3. The molecule has 8 heteroatoms. The van der Waals surface area contributed by atoms with E-state index >= 15 is 0 Å². The number of carbonyl (C=O) groups excluding carboxylic acids is 1. The van der Waals surface area contributed by atoms with Gasteiger partial charge in [0, 0.05) is 6.20 Å². The highest BCUT2D eigenvalue weighted by atomic mass is 19.4. The highest BCUT2D eigenvalue weighted by molar-refractivity contribution is 5.92. The van der Waals surface area contributed by atoms with Crippen molar-refractivity contribution in [3.8, 4) is 0 Å². The van der Waals surface area contributed by atoms with E-state index in [1.165, 1.54) is 24.4 Å². The van der Waals surface area contributed by atoms with Crippen LogP contribution in [0.4, 0.5) is 13.2 Å². The predicted octanol–water partition coefficient (Wildman–Crippen LogP) is 2.67. The molecule has 1 amide bonds. The first-order valence-corrected chi connectivity index (χ1v) is 6.98. The molecule has 124 valence electrons. The Morgan fingerprint density at radius 3 is 2.43 bits per heavy atom. The topological polar surface area (TPSA) is 78.0 Å². The Hall–Kier alpha value is -2.35. The van der Waals surface area contributed by atoms with Crippen LogP contribution in [0.1, 0.15) is 41.1 Å². The van der Waals surface area contributed by atoms with Gasteiger partial charge in [-0.05, 0) is 30.2 Å². The van der Waals surface area contributed by atoms with E-state index in [9.17, 15) is 23.1 Å². The van der Waals surface area contributed by atoms with E-state index in [1.54, 1.807) is 6.92 Å². The zero-order chi connectivity index (χ0) is 17.0. The lowest BCUT2D eigenvalue weighted by Gasteiger charge is -2.23. The number of aliphatic hydroxyl groups excluding tert-OH is 1. The molecule has 2 aromatic rings. The van der Waals surface area contributed by atoms with Crippen molar-refractivity contribution in [1.29, 1.82) is 0 Å². The smallest absolute Gasteiger partial charge is 0.386 e. The summed E-state index contributed by atoms with van der Waals surface area (Å²) >= 11 is 0. The lowest BCUT2D eigenvalue weighted by atomic mass is 9.99. The monoisotopic (exact) mass is 327 g/mol. The number of benzene rings is 1. The minimum Gasteiger partial charge on any atom is -0.386 e. The highest BCUT2D eigenvalue weighted by Crippen LogP contribution is 2.30. The maximum absolute atomic E-state index is 12.5. The number of aliphatic hydroxyl groups is 1. The molecule has 23 heavy (non-hydrogen) atoms. The number of aromatic amines is 1. The molecule has 0 radical (unpaired) electrons. The lowest BCUT2D eigenvalue weighted by Crippen LogP contribution is -2.39. The van der Waals surface area contributed by atoms with Crippen molar-refractivity contribution in [2.24, 2.45) is 0 Å². The number of amides is 1. The summed E-state index contributed by atoms with van der Waals surface area (Å²) in [6, 6.07) is 5.07. The minimum absolute atomic E-state index is 0.239. The first-order valence-electron chi connectivity index (χ1n) is 6.98. The number of H-pyrrole nitrogens is 1. The van der Waals surface area contributed by atoms with Gasteiger partial charge < -0.3 is 10.4 Å². The summed E-state index contributed by atoms with van der Waals surface area (Å²) in [5, 5.41) is 19.1. The maximum atomic E-state index is 12.5. The maximum Gasteiger partial charge on any atom is 0.416 e. The van der Waals surface area contributed by atoms with Gasteiger partial charge in [0.15, 0.2) is 0 Å². The molecule has 0 unspecified atom stereocenters. The van der Waals surface area contributed by atoms with Gasteiger partial charge in [-0.1, -0.05) is 19.1 Å². The Kier molecular flexibility index (Phi) is 5.05. The fraction of sp³-hybridized carbons (Fsp3) is 0.333. The van der Waals surface area contributed by atoms with E-state index < -0.39 is 29.8 Å². The van der Waals surface area contributed by atoms with Gasteiger partial charge in [-0.15, -0.1) is 0 Å². The SMILES string of the molecule is CC[C@H](NC(=O)c1ccn[nH]1)[C@@H](O)c1ccc(C(F)(F)F)cc1. The molecule has 0 aliphatic heterocycles. The molecule has 1 heterocycles. The number of rotatable bonds is 5. The first-order chi connectivity index (χ1) is 10.8. The first kappa shape index (κ1) is 17.0. The second-order valence-corrected chi connectivity index (χ2v) is 5.02. The average Bonchev–Trinajstić information content (AvgIpc) is 3.05. The van der Waals surface area contributed by atoms with Gasteiger partial charge in [0.2, 0.25) is 0 Å². The quantitative estimate of drug-likeness (QED) is 0.790. The highest BCUT2D eigenvalue weighted by Gasteiger charge is 2.30. The fourth-order valence-electron chi connectivity index (χ4n) is 2.13. The number of halogens is 3. The van der Waals surface area contributed by atoms with Crippen molar-refractivity contribution in [3.63, 3.8) is 0 Å². The van der Waals surface area contributed by atoms with E-state index in [1.807, 2.05) is 0 Å². The molecule has 0 saturated heterocycles. The van der Waals surface area contributed by atoms with E-state index in [-0.39, 0.29) is 5.69 Å². The van der Waals surface area contributed by atoms with E-state index in [2.05, 4.69) is 15.5 Å². The number of hydrogen-bond donors (Lipinski definition) is 3. The van der Waals surface area contributed by atoms with E-state index in [4.69, 9.17) is 0 Å². The zero-order valence-electron chi connectivity index (χ0n) is 12.3. The molecule has 0 aliphatic carbocycles. The summed E-state index contributed by atoms with van der Waals surface area (Å²) in [6.07, 6.45) is -3.72. The summed E-state index contributed by atoms with van der Waals surface area (Å²) in [5.41, 5.74) is -0.249. The fourth-order valence-corrected chi connectivity index (χ4v) is 2.13. The van der Waals surface area contributed by atoms with Crippen LogP contribution in [-0.4, -0.2) is 27.3 Å². The summed E-state index contributed by atoms with van der Waals surface area (Å²) in [5.74, 6) is -0.444. The zero-order valence-corrected chi connectivity index (χ0v) is 12.3. The number of nitrogens with one attached hydrogen (secondary N) is 2.